The molecular weight excluding hydrogens is 270 g/mol. The van der Waals surface area contributed by atoms with Gasteiger partial charge >= 0.3 is 0 Å². The third kappa shape index (κ3) is 3.53. The Morgan fingerprint density at radius 1 is 1.10 bits per heavy atom. The maximum absolute atomic E-state index is 14.0. The second kappa shape index (κ2) is 5.29. The predicted octanol–water partition coefficient (Wildman–Crippen LogP) is 4.85. The Morgan fingerprint density at radius 2 is 1.67 bits per heavy atom. The van der Waals surface area contributed by atoms with E-state index in [4.69, 9.17) is 5.26 Å². The molecule has 0 radical (unpaired) electrons. The normalized spacial score (nSPS) is 20.8. The fourth-order valence-electron chi connectivity index (χ4n) is 3.92. The number of rotatable bonds is 2. The van der Waals surface area contributed by atoms with Gasteiger partial charge in [-0.2, -0.15) is 5.26 Å². The van der Waals surface area contributed by atoms with Gasteiger partial charge in [0.1, 0.15) is 6.07 Å². The van der Waals surface area contributed by atoms with E-state index in [9.17, 15) is 8.78 Å². The van der Waals surface area contributed by atoms with Crippen LogP contribution in [-0.2, 0) is 0 Å². The van der Waals surface area contributed by atoms with E-state index in [1.807, 2.05) is 0 Å². The van der Waals surface area contributed by atoms with Gasteiger partial charge < -0.3 is 5.32 Å². The second-order valence-electron chi connectivity index (χ2n) is 7.66. The molecule has 0 heterocycles. The molecule has 0 unspecified atom stereocenters. The van der Waals surface area contributed by atoms with Crippen molar-refractivity contribution in [1.82, 2.24) is 0 Å². The van der Waals surface area contributed by atoms with Crippen LogP contribution in [0, 0.1) is 33.8 Å². The van der Waals surface area contributed by atoms with E-state index in [-0.39, 0.29) is 28.1 Å². The van der Waals surface area contributed by atoms with Crippen molar-refractivity contribution in [2.75, 3.05) is 5.32 Å². The van der Waals surface area contributed by atoms with Crippen molar-refractivity contribution in [3.8, 4) is 6.07 Å². The van der Waals surface area contributed by atoms with Gasteiger partial charge in [-0.3, -0.25) is 0 Å². The highest BCUT2D eigenvalue weighted by Crippen LogP contribution is 2.46. The molecule has 0 aromatic heterocycles. The average Bonchev–Trinajstić information content (AvgIpc) is 2.31. The maximum Gasteiger partial charge on any atom is 0.183 e. The summed E-state index contributed by atoms with van der Waals surface area (Å²) in [6, 6.07) is 4.52. The summed E-state index contributed by atoms with van der Waals surface area (Å²) < 4.78 is 27.7. The number of nitriles is 1. The quantitative estimate of drug-likeness (QED) is 0.845. The van der Waals surface area contributed by atoms with Crippen LogP contribution in [0.4, 0.5) is 14.5 Å². The fraction of sp³-hybridized carbons (Fsp3) is 0.588. The molecule has 2 rings (SSSR count). The Kier molecular flexibility index (Phi) is 3.97. The van der Waals surface area contributed by atoms with Crippen LogP contribution >= 0.6 is 0 Å². The van der Waals surface area contributed by atoms with Crippen LogP contribution in [0.1, 0.15) is 52.5 Å². The molecule has 21 heavy (non-hydrogen) atoms. The molecule has 1 aliphatic carbocycles. The Labute approximate surface area is 125 Å². The van der Waals surface area contributed by atoms with Crippen LogP contribution < -0.4 is 5.32 Å². The van der Waals surface area contributed by atoms with Crippen molar-refractivity contribution >= 4 is 5.69 Å². The zero-order chi connectivity index (χ0) is 15.8. The molecule has 114 valence electrons. The highest BCUT2D eigenvalue weighted by Gasteiger charge is 2.38. The first-order chi connectivity index (χ1) is 9.63. The van der Waals surface area contributed by atoms with Gasteiger partial charge in [-0.15, -0.1) is 0 Å². The Balaban J connectivity index is 2.23. The van der Waals surface area contributed by atoms with E-state index >= 15 is 0 Å². The van der Waals surface area contributed by atoms with Crippen molar-refractivity contribution in [2.24, 2.45) is 10.8 Å². The molecule has 4 heteroatoms. The molecule has 0 bridgehead atoms. The lowest BCUT2D eigenvalue weighted by atomic mass is 9.63. The van der Waals surface area contributed by atoms with Crippen LogP contribution in [0.3, 0.4) is 0 Å². The standard InChI is InChI=1S/C17H22F2N2/c1-16(2)7-12(8-17(3,4)10-16)21-13-6-5-11(9-20)14(18)15(13)19/h5-6,12,21H,7-8,10H2,1-4H3. The fourth-order valence-corrected chi connectivity index (χ4v) is 3.92. The first-order valence-corrected chi connectivity index (χ1v) is 7.28. The van der Waals surface area contributed by atoms with Gasteiger partial charge in [-0.05, 0) is 42.2 Å². The van der Waals surface area contributed by atoms with Gasteiger partial charge in [-0.1, -0.05) is 27.7 Å². The molecular formula is C17H22F2N2. The summed E-state index contributed by atoms with van der Waals surface area (Å²) in [5, 5.41) is 11.8. The molecule has 0 saturated heterocycles. The molecule has 1 fully saturated rings. The molecule has 0 spiro atoms. The molecule has 1 aromatic carbocycles. The average molecular weight is 292 g/mol. The molecule has 1 N–H and O–H groups in total. The van der Waals surface area contributed by atoms with Crippen LogP contribution in [0.5, 0.6) is 0 Å². The predicted molar refractivity (Wildman–Crippen MR) is 79.9 cm³/mol. The molecule has 2 nitrogen and oxygen atoms in total. The van der Waals surface area contributed by atoms with Crippen LogP contribution in [-0.4, -0.2) is 6.04 Å². The van der Waals surface area contributed by atoms with E-state index in [0.29, 0.717) is 0 Å². The molecule has 1 saturated carbocycles. The zero-order valence-corrected chi connectivity index (χ0v) is 13.1. The molecule has 0 amide bonds. The lowest BCUT2D eigenvalue weighted by molar-refractivity contribution is 0.105. The Hall–Kier alpha value is -1.63. The summed E-state index contributed by atoms with van der Waals surface area (Å²) in [5.74, 6) is -2.04. The number of benzene rings is 1. The topological polar surface area (TPSA) is 35.8 Å². The van der Waals surface area contributed by atoms with Crippen molar-refractivity contribution in [3.63, 3.8) is 0 Å². The lowest BCUT2D eigenvalue weighted by Crippen LogP contribution is -2.40. The summed E-state index contributed by atoms with van der Waals surface area (Å²) in [5.41, 5.74) is 0.217. The SMILES string of the molecule is CC1(C)CC(Nc2ccc(C#N)c(F)c2F)CC(C)(C)C1. The largest absolute Gasteiger partial charge is 0.380 e. The number of halogens is 2. The van der Waals surface area contributed by atoms with E-state index in [1.54, 1.807) is 6.07 Å². The maximum atomic E-state index is 14.0. The van der Waals surface area contributed by atoms with Gasteiger partial charge in [-0.25, -0.2) is 8.78 Å². The van der Waals surface area contributed by atoms with Crippen LogP contribution in [0.15, 0.2) is 12.1 Å². The highest BCUT2D eigenvalue weighted by atomic mass is 19.2. The van der Waals surface area contributed by atoms with Crippen LogP contribution in [0.2, 0.25) is 0 Å². The number of nitrogens with one attached hydrogen (secondary N) is 1. The Bertz CT molecular complexity index is 569. The Morgan fingerprint density at radius 3 is 2.19 bits per heavy atom. The minimum atomic E-state index is -1.07. The summed E-state index contributed by atoms with van der Waals surface area (Å²) in [4.78, 5) is 0. The minimum Gasteiger partial charge on any atom is -0.380 e. The van der Waals surface area contributed by atoms with Gasteiger partial charge in [0.05, 0.1) is 11.3 Å². The van der Waals surface area contributed by atoms with Crippen molar-refractivity contribution in [1.29, 1.82) is 5.26 Å². The third-order valence-corrected chi connectivity index (χ3v) is 4.12. The number of nitrogens with zero attached hydrogens (tertiary/aromatic N) is 1. The van der Waals surface area contributed by atoms with E-state index < -0.39 is 11.6 Å². The zero-order valence-electron chi connectivity index (χ0n) is 13.1. The number of hydrogen-bond acceptors (Lipinski definition) is 2. The summed E-state index contributed by atoms with van der Waals surface area (Å²) in [6.45, 7) is 8.83. The summed E-state index contributed by atoms with van der Waals surface area (Å²) >= 11 is 0. The van der Waals surface area contributed by atoms with Gasteiger partial charge in [0.25, 0.3) is 0 Å². The first-order valence-electron chi connectivity index (χ1n) is 7.28. The first kappa shape index (κ1) is 15.8. The minimum absolute atomic E-state index is 0.102. The highest BCUT2D eigenvalue weighted by molar-refractivity contribution is 5.50. The van der Waals surface area contributed by atoms with Gasteiger partial charge in [0.15, 0.2) is 11.6 Å². The van der Waals surface area contributed by atoms with Crippen molar-refractivity contribution in [3.05, 3.63) is 29.3 Å². The lowest BCUT2D eigenvalue weighted by Gasteiger charge is -2.45. The summed E-state index contributed by atoms with van der Waals surface area (Å²) in [7, 11) is 0. The number of hydrogen-bond donors (Lipinski definition) is 1. The molecule has 0 aliphatic heterocycles. The molecule has 0 atom stereocenters. The van der Waals surface area contributed by atoms with Gasteiger partial charge in [0.2, 0.25) is 0 Å². The second-order valence-corrected chi connectivity index (χ2v) is 7.66. The number of anilines is 1. The van der Waals surface area contributed by atoms with E-state index in [2.05, 4.69) is 33.0 Å². The smallest absolute Gasteiger partial charge is 0.183 e. The van der Waals surface area contributed by atoms with Crippen molar-refractivity contribution < 1.29 is 8.78 Å². The van der Waals surface area contributed by atoms with Crippen molar-refractivity contribution in [2.45, 2.75) is 53.0 Å². The molecule has 1 aromatic rings. The third-order valence-electron chi connectivity index (χ3n) is 4.12. The molecule has 1 aliphatic rings. The van der Waals surface area contributed by atoms with Gasteiger partial charge in [0, 0.05) is 6.04 Å². The summed E-state index contributed by atoms with van der Waals surface area (Å²) in [6.07, 6.45) is 2.94. The van der Waals surface area contributed by atoms with Crippen LogP contribution in [0.25, 0.3) is 0 Å². The van der Waals surface area contributed by atoms with E-state index in [1.165, 1.54) is 12.1 Å². The monoisotopic (exact) mass is 292 g/mol. The van der Waals surface area contributed by atoms with E-state index in [0.717, 1.165) is 19.3 Å².